The second-order valence-electron chi connectivity index (χ2n) is 4.99. The first kappa shape index (κ1) is 10.8. The van der Waals surface area contributed by atoms with Crippen LogP contribution in [0.3, 0.4) is 0 Å². The molecule has 1 heteroatoms. The number of rotatable bonds is 2. The van der Waals surface area contributed by atoms with Crippen LogP contribution in [0, 0.1) is 11.3 Å². The van der Waals surface area contributed by atoms with E-state index >= 15 is 0 Å². The highest BCUT2D eigenvalue weighted by Crippen LogP contribution is 2.45. The number of halogens is 1. The van der Waals surface area contributed by atoms with Crippen molar-refractivity contribution in [2.75, 3.05) is 0 Å². The quantitative estimate of drug-likeness (QED) is 0.585. The average molecular weight is 199 g/mol. The summed E-state index contributed by atoms with van der Waals surface area (Å²) >= 11 is 6.39. The van der Waals surface area contributed by atoms with Gasteiger partial charge in [-0.3, -0.25) is 0 Å². The van der Waals surface area contributed by atoms with Crippen LogP contribution in [0.2, 0.25) is 0 Å². The molecule has 0 heterocycles. The summed E-state index contributed by atoms with van der Waals surface area (Å²) < 4.78 is 0. The van der Waals surface area contributed by atoms with Gasteiger partial charge in [-0.15, -0.1) is 11.6 Å². The summed E-state index contributed by atoms with van der Waals surface area (Å²) in [4.78, 5) is -0.177. The SMILES string of the molecule is CC1=CC(C(C)(C)C(C)(C)Cl)C=C1. The van der Waals surface area contributed by atoms with Gasteiger partial charge >= 0.3 is 0 Å². The summed E-state index contributed by atoms with van der Waals surface area (Å²) in [7, 11) is 0. The van der Waals surface area contributed by atoms with Gasteiger partial charge in [-0.05, 0) is 26.2 Å². The van der Waals surface area contributed by atoms with Crippen molar-refractivity contribution in [2.24, 2.45) is 11.3 Å². The molecule has 1 aliphatic rings. The fourth-order valence-corrected chi connectivity index (χ4v) is 1.62. The Morgan fingerprint density at radius 3 is 2.08 bits per heavy atom. The van der Waals surface area contributed by atoms with Crippen LogP contribution in [-0.2, 0) is 0 Å². The van der Waals surface area contributed by atoms with Gasteiger partial charge in [0.2, 0.25) is 0 Å². The molecule has 1 aliphatic carbocycles. The highest BCUT2D eigenvalue weighted by molar-refractivity contribution is 6.24. The Labute approximate surface area is 86.7 Å². The lowest BCUT2D eigenvalue weighted by Gasteiger charge is -2.40. The maximum Gasteiger partial charge on any atom is 0.0450 e. The van der Waals surface area contributed by atoms with Gasteiger partial charge in [-0.2, -0.15) is 0 Å². The minimum Gasteiger partial charge on any atom is -0.119 e. The zero-order chi connectivity index (χ0) is 10.3. The lowest BCUT2D eigenvalue weighted by molar-refractivity contribution is 0.229. The van der Waals surface area contributed by atoms with Crippen molar-refractivity contribution in [3.05, 3.63) is 23.8 Å². The summed E-state index contributed by atoms with van der Waals surface area (Å²) in [6.45, 7) is 10.8. The minimum atomic E-state index is -0.177. The first-order chi connectivity index (χ1) is 5.75. The largest absolute Gasteiger partial charge is 0.119 e. The molecule has 0 fully saturated rings. The molecule has 0 aromatic heterocycles. The van der Waals surface area contributed by atoms with E-state index < -0.39 is 0 Å². The van der Waals surface area contributed by atoms with Crippen LogP contribution < -0.4 is 0 Å². The van der Waals surface area contributed by atoms with E-state index in [4.69, 9.17) is 11.6 Å². The van der Waals surface area contributed by atoms with Gasteiger partial charge in [-0.1, -0.05) is 37.6 Å². The molecule has 0 aromatic carbocycles. The van der Waals surface area contributed by atoms with Crippen LogP contribution in [0.5, 0.6) is 0 Å². The monoisotopic (exact) mass is 198 g/mol. The molecule has 0 amide bonds. The highest BCUT2D eigenvalue weighted by atomic mass is 35.5. The topological polar surface area (TPSA) is 0 Å². The molecule has 0 saturated carbocycles. The number of alkyl halides is 1. The van der Waals surface area contributed by atoms with Crippen molar-refractivity contribution in [1.29, 1.82) is 0 Å². The van der Waals surface area contributed by atoms with Crippen molar-refractivity contribution in [3.8, 4) is 0 Å². The second kappa shape index (κ2) is 3.16. The summed E-state index contributed by atoms with van der Waals surface area (Å²) in [5.41, 5.74) is 1.45. The number of hydrogen-bond donors (Lipinski definition) is 0. The lowest BCUT2D eigenvalue weighted by atomic mass is 9.70. The van der Waals surface area contributed by atoms with Crippen molar-refractivity contribution < 1.29 is 0 Å². The predicted octanol–water partition coefficient (Wildman–Crippen LogP) is 4.16. The average Bonchev–Trinajstić information content (AvgIpc) is 2.33. The van der Waals surface area contributed by atoms with Gasteiger partial charge in [0.15, 0.2) is 0 Å². The molecular formula is C12H19Cl. The Balaban J connectivity index is 2.90. The Bertz CT molecular complexity index is 251. The van der Waals surface area contributed by atoms with Crippen LogP contribution >= 0.6 is 11.6 Å². The zero-order valence-electron chi connectivity index (χ0n) is 9.19. The molecule has 74 valence electrons. The zero-order valence-corrected chi connectivity index (χ0v) is 9.94. The first-order valence-corrected chi connectivity index (χ1v) is 5.18. The normalized spacial score (nSPS) is 23.5. The molecule has 1 atom stereocenters. The standard InChI is InChI=1S/C12H19Cl/c1-9-6-7-10(8-9)11(2,3)12(4,5)13/h6-8,10H,1-5H3. The van der Waals surface area contributed by atoms with E-state index in [1.54, 1.807) is 0 Å². The van der Waals surface area contributed by atoms with Gasteiger partial charge in [0.25, 0.3) is 0 Å². The predicted molar refractivity (Wildman–Crippen MR) is 60.1 cm³/mol. The Hall–Kier alpha value is -0.230. The maximum absolute atomic E-state index is 6.39. The highest BCUT2D eigenvalue weighted by Gasteiger charge is 2.40. The third-order valence-electron chi connectivity index (χ3n) is 3.37. The summed E-state index contributed by atoms with van der Waals surface area (Å²) in [5.74, 6) is 0.472. The number of allylic oxidation sites excluding steroid dienone is 4. The summed E-state index contributed by atoms with van der Waals surface area (Å²) in [6, 6.07) is 0. The van der Waals surface area contributed by atoms with E-state index in [9.17, 15) is 0 Å². The second-order valence-corrected chi connectivity index (χ2v) is 5.93. The van der Waals surface area contributed by atoms with Crippen molar-refractivity contribution in [1.82, 2.24) is 0 Å². The molecule has 0 bridgehead atoms. The van der Waals surface area contributed by atoms with E-state index in [1.807, 2.05) is 0 Å². The van der Waals surface area contributed by atoms with E-state index in [0.29, 0.717) is 5.92 Å². The van der Waals surface area contributed by atoms with Gasteiger partial charge in [-0.25, -0.2) is 0 Å². The molecule has 0 saturated heterocycles. The molecule has 1 rings (SSSR count). The van der Waals surface area contributed by atoms with Crippen LogP contribution in [0.25, 0.3) is 0 Å². The molecular weight excluding hydrogens is 180 g/mol. The fraction of sp³-hybridized carbons (Fsp3) is 0.667. The van der Waals surface area contributed by atoms with Crippen molar-refractivity contribution in [2.45, 2.75) is 39.5 Å². The Morgan fingerprint density at radius 2 is 1.77 bits per heavy atom. The Kier molecular flexibility index (Phi) is 2.64. The van der Waals surface area contributed by atoms with Crippen LogP contribution in [0.15, 0.2) is 23.8 Å². The fourth-order valence-electron chi connectivity index (χ4n) is 1.50. The van der Waals surface area contributed by atoms with Crippen LogP contribution in [0.1, 0.15) is 34.6 Å². The Morgan fingerprint density at radius 1 is 1.23 bits per heavy atom. The maximum atomic E-state index is 6.39. The molecule has 1 unspecified atom stereocenters. The van der Waals surface area contributed by atoms with E-state index in [2.05, 4.69) is 52.8 Å². The molecule has 13 heavy (non-hydrogen) atoms. The molecule has 0 N–H and O–H groups in total. The summed E-state index contributed by atoms with van der Waals surface area (Å²) in [6.07, 6.45) is 6.72. The van der Waals surface area contributed by atoms with E-state index in [0.717, 1.165) is 0 Å². The van der Waals surface area contributed by atoms with E-state index in [-0.39, 0.29) is 10.3 Å². The first-order valence-electron chi connectivity index (χ1n) is 4.81. The third kappa shape index (κ3) is 1.99. The van der Waals surface area contributed by atoms with Crippen LogP contribution in [-0.4, -0.2) is 4.87 Å². The van der Waals surface area contributed by atoms with Crippen LogP contribution in [0.4, 0.5) is 0 Å². The van der Waals surface area contributed by atoms with Gasteiger partial charge in [0, 0.05) is 10.8 Å². The van der Waals surface area contributed by atoms with Gasteiger partial charge in [0.1, 0.15) is 0 Å². The van der Waals surface area contributed by atoms with E-state index in [1.165, 1.54) is 5.57 Å². The lowest BCUT2D eigenvalue weighted by Crippen LogP contribution is -2.38. The van der Waals surface area contributed by atoms with Crippen molar-refractivity contribution in [3.63, 3.8) is 0 Å². The number of hydrogen-bond acceptors (Lipinski definition) is 0. The molecule has 0 aliphatic heterocycles. The van der Waals surface area contributed by atoms with Gasteiger partial charge in [0.05, 0.1) is 0 Å². The summed E-state index contributed by atoms with van der Waals surface area (Å²) in [5, 5.41) is 0. The minimum absolute atomic E-state index is 0.100. The van der Waals surface area contributed by atoms with Crippen molar-refractivity contribution >= 4 is 11.6 Å². The smallest absolute Gasteiger partial charge is 0.0450 e. The molecule has 0 aromatic rings. The molecule has 0 nitrogen and oxygen atoms in total. The third-order valence-corrected chi connectivity index (χ3v) is 3.86. The molecule has 0 radical (unpaired) electrons. The van der Waals surface area contributed by atoms with Gasteiger partial charge < -0.3 is 0 Å². The molecule has 0 spiro atoms.